The monoisotopic (exact) mass is 282 g/mol. The van der Waals surface area contributed by atoms with Crippen LogP contribution in [0.15, 0.2) is 18.2 Å². The fourth-order valence-corrected chi connectivity index (χ4v) is 2.00. The van der Waals surface area contributed by atoms with Gasteiger partial charge in [-0.15, -0.1) is 10.2 Å². The van der Waals surface area contributed by atoms with Crippen molar-refractivity contribution in [2.24, 2.45) is 5.84 Å². The zero-order valence-electron chi connectivity index (χ0n) is 10.3. The highest BCUT2D eigenvalue weighted by Gasteiger charge is 2.08. The molecule has 0 saturated heterocycles. The van der Waals surface area contributed by atoms with Crippen molar-refractivity contribution in [1.29, 1.82) is 0 Å². The first-order valence-electron chi connectivity index (χ1n) is 5.46. The molecule has 0 bridgehead atoms. The van der Waals surface area contributed by atoms with Gasteiger partial charge in [-0.3, -0.25) is 5.43 Å². The Morgan fingerprint density at radius 3 is 2.84 bits per heavy atom. The Balaban J connectivity index is 2.06. The summed E-state index contributed by atoms with van der Waals surface area (Å²) >= 11 is 1.31. The highest BCUT2D eigenvalue weighted by atomic mass is 32.1. The number of rotatable bonds is 6. The Labute approximate surface area is 114 Å². The first-order chi connectivity index (χ1) is 9.26. The van der Waals surface area contributed by atoms with Crippen LogP contribution < -0.4 is 20.7 Å². The van der Waals surface area contributed by atoms with Crippen molar-refractivity contribution in [2.75, 3.05) is 12.5 Å². The number of hydrogen-bond donors (Lipinski definition) is 3. The smallest absolute Gasteiger partial charge is 0.219 e. The summed E-state index contributed by atoms with van der Waals surface area (Å²) in [6.07, 6.45) is 0. The second-order valence-electron chi connectivity index (χ2n) is 3.58. The van der Waals surface area contributed by atoms with Crippen LogP contribution in [0.4, 0.5) is 5.13 Å². The third kappa shape index (κ3) is 3.31. The molecule has 8 heteroatoms. The van der Waals surface area contributed by atoms with E-state index in [1.807, 2.05) is 0 Å². The topological polar surface area (TPSA) is 103 Å². The molecule has 1 aromatic carbocycles. The van der Waals surface area contributed by atoms with Crippen molar-refractivity contribution in [1.82, 2.24) is 10.2 Å². The van der Waals surface area contributed by atoms with E-state index in [0.717, 1.165) is 5.56 Å². The number of methoxy groups -OCH3 is 1. The Hall–Kier alpha value is -1.90. The standard InChI is InChI=1S/C11H14N4O3S/c1-17-9-4-7(5-16)2-3-8(9)18-6-10-14-15-11(13-12)19-10/h2-4,16H,5-6,12H2,1H3,(H,13,15). The summed E-state index contributed by atoms with van der Waals surface area (Å²) in [6.45, 7) is 0.229. The molecule has 0 saturated carbocycles. The van der Waals surface area contributed by atoms with E-state index in [1.165, 1.54) is 11.3 Å². The largest absolute Gasteiger partial charge is 0.493 e. The zero-order chi connectivity index (χ0) is 13.7. The lowest BCUT2D eigenvalue weighted by Crippen LogP contribution is -2.05. The van der Waals surface area contributed by atoms with Gasteiger partial charge >= 0.3 is 0 Å². The SMILES string of the molecule is COc1cc(CO)ccc1OCc1nnc(NN)s1. The van der Waals surface area contributed by atoms with Crippen LogP contribution in [0.3, 0.4) is 0 Å². The summed E-state index contributed by atoms with van der Waals surface area (Å²) < 4.78 is 10.8. The average Bonchev–Trinajstić information content (AvgIpc) is 2.92. The van der Waals surface area contributed by atoms with E-state index in [9.17, 15) is 0 Å². The minimum absolute atomic E-state index is 0.0431. The maximum atomic E-state index is 9.05. The van der Waals surface area contributed by atoms with Crippen molar-refractivity contribution >= 4 is 16.5 Å². The molecule has 0 aliphatic heterocycles. The fourth-order valence-electron chi connectivity index (χ4n) is 1.44. The molecular weight excluding hydrogens is 268 g/mol. The molecule has 0 unspecified atom stereocenters. The van der Waals surface area contributed by atoms with E-state index in [1.54, 1.807) is 25.3 Å². The molecule has 4 N–H and O–H groups in total. The number of anilines is 1. The van der Waals surface area contributed by atoms with Gasteiger partial charge in [-0.1, -0.05) is 17.4 Å². The highest BCUT2D eigenvalue weighted by molar-refractivity contribution is 7.15. The number of hydrogen-bond acceptors (Lipinski definition) is 8. The van der Waals surface area contributed by atoms with Crippen LogP contribution in [0.5, 0.6) is 11.5 Å². The van der Waals surface area contributed by atoms with Crippen LogP contribution in [0.1, 0.15) is 10.6 Å². The van der Waals surface area contributed by atoms with Crippen molar-refractivity contribution < 1.29 is 14.6 Å². The first kappa shape index (κ1) is 13.5. The van der Waals surface area contributed by atoms with E-state index in [0.29, 0.717) is 21.6 Å². The van der Waals surface area contributed by atoms with Gasteiger partial charge < -0.3 is 14.6 Å². The third-order valence-electron chi connectivity index (χ3n) is 2.35. The van der Waals surface area contributed by atoms with Crippen LogP contribution in [0.25, 0.3) is 0 Å². The lowest BCUT2D eigenvalue weighted by Gasteiger charge is -2.10. The molecule has 0 spiro atoms. The molecule has 2 aromatic rings. The van der Waals surface area contributed by atoms with Gasteiger partial charge in [0.15, 0.2) is 16.5 Å². The Bertz CT molecular complexity index is 546. The molecule has 0 radical (unpaired) electrons. The number of nitrogen functional groups attached to an aromatic ring is 1. The summed E-state index contributed by atoms with van der Waals surface area (Å²) in [7, 11) is 1.55. The number of ether oxygens (including phenoxy) is 2. The molecule has 19 heavy (non-hydrogen) atoms. The van der Waals surface area contributed by atoms with Gasteiger partial charge in [0, 0.05) is 0 Å². The summed E-state index contributed by atoms with van der Waals surface area (Å²) in [6, 6.07) is 5.24. The van der Waals surface area contributed by atoms with Crippen LogP contribution in [0, 0.1) is 0 Å². The highest BCUT2D eigenvalue weighted by Crippen LogP contribution is 2.29. The normalized spacial score (nSPS) is 10.3. The molecule has 0 aliphatic rings. The molecule has 0 aliphatic carbocycles. The van der Waals surface area contributed by atoms with Gasteiger partial charge in [-0.2, -0.15) is 0 Å². The van der Waals surface area contributed by atoms with Gasteiger partial charge in [0.2, 0.25) is 5.13 Å². The number of aliphatic hydroxyl groups is 1. The Morgan fingerprint density at radius 1 is 1.37 bits per heavy atom. The summed E-state index contributed by atoms with van der Waals surface area (Å²) in [5, 5.41) is 18.0. The minimum Gasteiger partial charge on any atom is -0.493 e. The van der Waals surface area contributed by atoms with Gasteiger partial charge in [0.1, 0.15) is 6.61 Å². The van der Waals surface area contributed by atoms with E-state index in [4.69, 9.17) is 20.4 Å². The van der Waals surface area contributed by atoms with Crippen molar-refractivity contribution in [3.05, 3.63) is 28.8 Å². The molecule has 7 nitrogen and oxygen atoms in total. The van der Waals surface area contributed by atoms with Crippen LogP contribution in [-0.4, -0.2) is 22.4 Å². The van der Waals surface area contributed by atoms with Crippen LogP contribution in [0.2, 0.25) is 0 Å². The minimum atomic E-state index is -0.0431. The van der Waals surface area contributed by atoms with Gasteiger partial charge in [-0.05, 0) is 17.7 Å². The lowest BCUT2D eigenvalue weighted by atomic mass is 10.2. The Kier molecular flexibility index (Phi) is 4.50. The Morgan fingerprint density at radius 2 is 2.21 bits per heavy atom. The molecule has 1 aromatic heterocycles. The van der Waals surface area contributed by atoms with E-state index >= 15 is 0 Å². The van der Waals surface area contributed by atoms with Crippen LogP contribution in [-0.2, 0) is 13.2 Å². The van der Waals surface area contributed by atoms with Crippen LogP contribution >= 0.6 is 11.3 Å². The second kappa shape index (κ2) is 6.32. The maximum Gasteiger partial charge on any atom is 0.219 e. The molecule has 0 atom stereocenters. The van der Waals surface area contributed by atoms with Crippen molar-refractivity contribution in [3.63, 3.8) is 0 Å². The van der Waals surface area contributed by atoms with Crippen molar-refractivity contribution in [3.8, 4) is 11.5 Å². The number of nitrogens with two attached hydrogens (primary N) is 1. The zero-order valence-corrected chi connectivity index (χ0v) is 11.1. The third-order valence-corrected chi connectivity index (χ3v) is 3.18. The number of nitrogens with one attached hydrogen (secondary N) is 1. The van der Waals surface area contributed by atoms with Crippen molar-refractivity contribution in [2.45, 2.75) is 13.2 Å². The molecule has 0 amide bonds. The number of aromatic nitrogens is 2. The van der Waals surface area contributed by atoms with Gasteiger partial charge in [-0.25, -0.2) is 5.84 Å². The summed E-state index contributed by atoms with van der Waals surface area (Å²) in [5.74, 6) is 6.37. The molecule has 102 valence electrons. The predicted octanol–water partition coefficient (Wildman–Crippen LogP) is 0.904. The fraction of sp³-hybridized carbons (Fsp3) is 0.273. The molecular formula is C11H14N4O3S. The number of hydrazine groups is 1. The molecule has 2 rings (SSSR count). The summed E-state index contributed by atoms with van der Waals surface area (Å²) in [4.78, 5) is 0. The lowest BCUT2D eigenvalue weighted by molar-refractivity contribution is 0.273. The van der Waals surface area contributed by atoms with E-state index in [-0.39, 0.29) is 13.2 Å². The van der Waals surface area contributed by atoms with Gasteiger partial charge in [0.25, 0.3) is 0 Å². The number of aliphatic hydroxyl groups excluding tert-OH is 1. The molecule has 0 fully saturated rings. The summed E-state index contributed by atoms with van der Waals surface area (Å²) in [5.41, 5.74) is 3.18. The first-order valence-corrected chi connectivity index (χ1v) is 6.28. The predicted molar refractivity (Wildman–Crippen MR) is 71.0 cm³/mol. The van der Waals surface area contributed by atoms with E-state index in [2.05, 4.69) is 15.6 Å². The second-order valence-corrected chi connectivity index (χ2v) is 4.64. The number of benzene rings is 1. The van der Waals surface area contributed by atoms with E-state index < -0.39 is 0 Å². The number of nitrogens with zero attached hydrogens (tertiary/aromatic N) is 2. The average molecular weight is 282 g/mol. The quantitative estimate of drug-likeness (QED) is 0.534. The molecule has 1 heterocycles. The van der Waals surface area contributed by atoms with Gasteiger partial charge in [0.05, 0.1) is 13.7 Å². The maximum absolute atomic E-state index is 9.05.